The van der Waals surface area contributed by atoms with Crippen molar-refractivity contribution in [1.82, 2.24) is 24.7 Å². The van der Waals surface area contributed by atoms with Crippen molar-refractivity contribution in [3.05, 3.63) is 47.9 Å². The average molecular weight is 419 g/mol. The topological polar surface area (TPSA) is 94.8 Å². The maximum atomic E-state index is 12.5. The summed E-state index contributed by atoms with van der Waals surface area (Å²) < 4.78 is 7.14. The van der Waals surface area contributed by atoms with Gasteiger partial charge in [-0.1, -0.05) is 23.4 Å². The van der Waals surface area contributed by atoms with Crippen molar-refractivity contribution in [2.75, 3.05) is 19.0 Å². The van der Waals surface area contributed by atoms with Crippen LogP contribution in [0.3, 0.4) is 0 Å². The molecule has 10 heteroatoms. The first kappa shape index (κ1) is 20.2. The fourth-order valence-electron chi connectivity index (χ4n) is 2.36. The molecular weight excluding hydrogens is 400 g/mol. The maximum absolute atomic E-state index is 12.5. The van der Waals surface area contributed by atoms with Gasteiger partial charge in [0.1, 0.15) is 5.82 Å². The normalized spacial score (nSPS) is 12.0. The lowest BCUT2D eigenvalue weighted by atomic mass is 10.2. The Bertz CT molecular complexity index is 920. The minimum atomic E-state index is -0.409. The number of amides is 1. The first-order valence-electron chi connectivity index (χ1n) is 8.50. The van der Waals surface area contributed by atoms with E-state index in [1.54, 1.807) is 38.6 Å². The summed E-state index contributed by atoms with van der Waals surface area (Å²) in [5, 5.41) is 12.1. The molecule has 0 bridgehead atoms. The Morgan fingerprint density at radius 3 is 2.75 bits per heavy atom. The van der Waals surface area contributed by atoms with E-state index in [1.807, 2.05) is 16.7 Å². The number of carbonyl (C=O) groups is 1. The van der Waals surface area contributed by atoms with E-state index in [2.05, 4.69) is 25.5 Å². The van der Waals surface area contributed by atoms with E-state index in [4.69, 9.17) is 16.3 Å². The first-order valence-corrected chi connectivity index (χ1v) is 9.76. The van der Waals surface area contributed by atoms with Gasteiger partial charge in [0.2, 0.25) is 5.91 Å². The zero-order valence-corrected chi connectivity index (χ0v) is 16.9. The summed E-state index contributed by atoms with van der Waals surface area (Å²) in [6, 6.07) is 7.05. The number of nitrogens with one attached hydrogen (secondary N) is 1. The third-order valence-electron chi connectivity index (χ3n) is 3.80. The molecule has 8 nitrogen and oxygen atoms in total. The molecule has 0 aliphatic rings. The maximum Gasteiger partial charge on any atom is 0.238 e. The Morgan fingerprint density at radius 1 is 1.29 bits per heavy atom. The molecule has 0 saturated carbocycles. The number of ether oxygens (including phenoxy) is 1. The smallest absolute Gasteiger partial charge is 0.238 e. The summed E-state index contributed by atoms with van der Waals surface area (Å²) in [6.45, 7) is 2.87. The highest BCUT2D eigenvalue weighted by Crippen LogP contribution is 2.27. The van der Waals surface area contributed by atoms with Crippen LogP contribution in [0.15, 0.2) is 48.0 Å². The van der Waals surface area contributed by atoms with Crippen molar-refractivity contribution < 1.29 is 9.53 Å². The first-order chi connectivity index (χ1) is 13.6. The summed E-state index contributed by atoms with van der Waals surface area (Å²) in [5.41, 5.74) is 0.896. The number of thioether (sulfide) groups is 1. The molecule has 1 N–H and O–H groups in total. The minimum Gasteiger partial charge on any atom is -0.383 e. The second-order valence-corrected chi connectivity index (χ2v) is 7.54. The summed E-state index contributed by atoms with van der Waals surface area (Å²) in [4.78, 5) is 20.6. The lowest BCUT2D eigenvalue weighted by Crippen LogP contribution is -2.23. The zero-order chi connectivity index (χ0) is 19.9. The van der Waals surface area contributed by atoms with E-state index >= 15 is 0 Å². The fraction of sp³-hybridized carbons (Fsp3) is 0.278. The third-order valence-corrected chi connectivity index (χ3v) is 5.11. The molecule has 3 heterocycles. The van der Waals surface area contributed by atoms with Crippen LogP contribution in [0.2, 0.25) is 5.02 Å². The summed E-state index contributed by atoms with van der Waals surface area (Å²) in [7, 11) is 1.64. The Labute approximate surface area is 171 Å². The van der Waals surface area contributed by atoms with Crippen molar-refractivity contribution >= 4 is 35.1 Å². The number of hydrogen-bond donors (Lipinski definition) is 1. The largest absolute Gasteiger partial charge is 0.383 e. The second kappa shape index (κ2) is 9.63. The molecule has 3 aromatic heterocycles. The van der Waals surface area contributed by atoms with E-state index in [0.29, 0.717) is 35.0 Å². The van der Waals surface area contributed by atoms with Crippen molar-refractivity contribution in [1.29, 1.82) is 0 Å². The number of carbonyl (C=O) groups excluding carboxylic acids is 1. The highest BCUT2D eigenvalue weighted by molar-refractivity contribution is 8.00. The number of anilines is 1. The highest BCUT2D eigenvalue weighted by Gasteiger charge is 2.21. The van der Waals surface area contributed by atoms with Gasteiger partial charge in [0.05, 0.1) is 23.4 Å². The molecule has 0 spiro atoms. The van der Waals surface area contributed by atoms with Crippen LogP contribution in [0.4, 0.5) is 5.82 Å². The number of methoxy groups -OCH3 is 1. The molecule has 1 atom stereocenters. The standard InChI is InChI=1S/C18H19ClN6O2S/c1-12(17(26)22-15-4-3-14(19)11-21-15)28-18-24-23-16(25(18)9-10-27-2)13-5-7-20-8-6-13/h3-8,11-12H,9-10H2,1-2H3,(H,21,22,26)/t12-/m0/s1. The van der Waals surface area contributed by atoms with E-state index in [0.717, 1.165) is 5.56 Å². The van der Waals surface area contributed by atoms with Gasteiger partial charge in [-0.25, -0.2) is 4.98 Å². The Hall–Kier alpha value is -2.49. The quantitative estimate of drug-likeness (QED) is 0.561. The van der Waals surface area contributed by atoms with Gasteiger partial charge in [-0.15, -0.1) is 10.2 Å². The van der Waals surface area contributed by atoms with Crippen molar-refractivity contribution in [2.24, 2.45) is 0 Å². The van der Waals surface area contributed by atoms with Gasteiger partial charge in [0.25, 0.3) is 0 Å². The molecule has 0 unspecified atom stereocenters. The van der Waals surface area contributed by atoms with E-state index in [9.17, 15) is 4.79 Å². The molecule has 146 valence electrons. The predicted molar refractivity (Wildman–Crippen MR) is 108 cm³/mol. The molecule has 0 aliphatic carbocycles. The number of pyridine rings is 2. The summed E-state index contributed by atoms with van der Waals surface area (Å²) >= 11 is 7.14. The number of rotatable bonds is 8. The predicted octanol–water partition coefficient (Wildman–Crippen LogP) is 3.15. The fourth-order valence-corrected chi connectivity index (χ4v) is 3.35. The van der Waals surface area contributed by atoms with Crippen molar-refractivity contribution in [2.45, 2.75) is 23.9 Å². The number of aromatic nitrogens is 5. The summed E-state index contributed by atoms with van der Waals surface area (Å²) in [6.07, 6.45) is 4.89. The van der Waals surface area contributed by atoms with Gasteiger partial charge >= 0.3 is 0 Å². The van der Waals surface area contributed by atoms with Crippen molar-refractivity contribution in [3.63, 3.8) is 0 Å². The molecular formula is C18H19ClN6O2S. The lowest BCUT2D eigenvalue weighted by molar-refractivity contribution is -0.115. The van der Waals surface area contributed by atoms with Gasteiger partial charge in [0.15, 0.2) is 11.0 Å². The van der Waals surface area contributed by atoms with Crippen LogP contribution >= 0.6 is 23.4 Å². The number of halogens is 1. The monoisotopic (exact) mass is 418 g/mol. The van der Waals surface area contributed by atoms with Crippen LogP contribution < -0.4 is 5.32 Å². The molecule has 3 rings (SSSR count). The van der Waals surface area contributed by atoms with Gasteiger partial charge in [-0.3, -0.25) is 14.3 Å². The molecule has 0 fully saturated rings. The number of hydrogen-bond acceptors (Lipinski definition) is 7. The Kier molecular flexibility index (Phi) is 6.96. The van der Waals surface area contributed by atoms with Gasteiger partial charge in [0, 0.05) is 31.3 Å². The van der Waals surface area contributed by atoms with Crippen LogP contribution in [0, 0.1) is 0 Å². The SMILES string of the molecule is COCCn1c(S[C@@H](C)C(=O)Nc2ccc(Cl)cn2)nnc1-c1ccncc1. The molecule has 28 heavy (non-hydrogen) atoms. The summed E-state index contributed by atoms with van der Waals surface area (Å²) in [5.74, 6) is 0.959. The van der Waals surface area contributed by atoms with E-state index in [-0.39, 0.29) is 5.91 Å². The Morgan fingerprint density at radius 2 is 2.07 bits per heavy atom. The molecule has 0 aromatic carbocycles. The van der Waals surface area contributed by atoms with Crippen molar-refractivity contribution in [3.8, 4) is 11.4 Å². The van der Waals surface area contributed by atoms with Gasteiger partial charge in [-0.05, 0) is 31.2 Å². The Balaban J connectivity index is 1.75. The second-order valence-electron chi connectivity index (χ2n) is 5.80. The van der Waals surface area contributed by atoms with Gasteiger partial charge < -0.3 is 10.1 Å². The number of nitrogens with zero attached hydrogens (tertiary/aromatic N) is 5. The average Bonchev–Trinajstić information content (AvgIpc) is 3.11. The van der Waals surface area contributed by atoms with E-state index in [1.165, 1.54) is 18.0 Å². The minimum absolute atomic E-state index is 0.188. The molecule has 0 aliphatic heterocycles. The van der Waals surface area contributed by atoms with Crippen LogP contribution in [0.1, 0.15) is 6.92 Å². The molecule has 3 aromatic rings. The van der Waals surface area contributed by atoms with Crippen LogP contribution in [-0.2, 0) is 16.1 Å². The van der Waals surface area contributed by atoms with E-state index < -0.39 is 5.25 Å². The molecule has 0 radical (unpaired) electrons. The third kappa shape index (κ3) is 5.06. The molecule has 1 amide bonds. The van der Waals surface area contributed by atoms with Crippen LogP contribution in [0.5, 0.6) is 0 Å². The van der Waals surface area contributed by atoms with Gasteiger partial charge in [-0.2, -0.15) is 0 Å². The zero-order valence-electron chi connectivity index (χ0n) is 15.4. The van der Waals surface area contributed by atoms with Crippen LogP contribution in [0.25, 0.3) is 11.4 Å². The highest BCUT2D eigenvalue weighted by atomic mass is 35.5. The molecule has 0 saturated heterocycles. The van der Waals surface area contributed by atoms with Crippen LogP contribution in [-0.4, -0.2) is 49.6 Å². The lowest BCUT2D eigenvalue weighted by Gasteiger charge is -2.13.